The number of sulfone groups is 1. The van der Waals surface area contributed by atoms with Crippen molar-refractivity contribution in [2.75, 3.05) is 5.75 Å². The lowest BCUT2D eigenvalue weighted by molar-refractivity contribution is 0.584. The molecule has 0 N–H and O–H groups in total. The van der Waals surface area contributed by atoms with Gasteiger partial charge in [0.25, 0.3) is 5.56 Å². The average molecular weight is 341 g/mol. The molecule has 0 amide bonds. The first-order valence-corrected chi connectivity index (χ1v) is 9.50. The zero-order valence-electron chi connectivity index (χ0n) is 13.5. The van der Waals surface area contributed by atoms with Crippen molar-refractivity contribution in [1.82, 2.24) is 4.57 Å². The van der Waals surface area contributed by atoms with Crippen LogP contribution in [0, 0.1) is 6.92 Å². The summed E-state index contributed by atoms with van der Waals surface area (Å²) in [6.45, 7) is 2.25. The van der Waals surface area contributed by atoms with Crippen molar-refractivity contribution in [3.8, 4) is 0 Å². The first kappa shape index (κ1) is 16.5. The minimum absolute atomic E-state index is 0.0235. The fraction of sp³-hybridized carbons (Fsp3) is 0.211. The third kappa shape index (κ3) is 3.41. The Morgan fingerprint density at radius 1 is 1.00 bits per heavy atom. The summed E-state index contributed by atoms with van der Waals surface area (Å²) in [6, 6.07) is 16.2. The highest BCUT2D eigenvalue weighted by Gasteiger charge is 2.14. The molecule has 124 valence electrons. The fourth-order valence-electron chi connectivity index (χ4n) is 2.76. The van der Waals surface area contributed by atoms with Crippen molar-refractivity contribution in [3.05, 3.63) is 76.7 Å². The summed E-state index contributed by atoms with van der Waals surface area (Å²) in [7, 11) is -3.32. The molecular weight excluding hydrogens is 322 g/mol. The number of rotatable bonds is 5. The third-order valence-corrected chi connectivity index (χ3v) is 5.85. The van der Waals surface area contributed by atoms with Crippen LogP contribution in [-0.4, -0.2) is 18.7 Å². The number of hydrogen-bond acceptors (Lipinski definition) is 3. The van der Waals surface area contributed by atoms with Gasteiger partial charge in [0.05, 0.1) is 10.6 Å². The molecular formula is C19H19NO3S. The molecule has 0 aliphatic carbocycles. The minimum atomic E-state index is -3.32. The number of pyridine rings is 1. The second kappa shape index (κ2) is 6.61. The number of aryl methyl sites for hydroxylation is 2. The summed E-state index contributed by atoms with van der Waals surface area (Å²) in [4.78, 5) is 12.8. The van der Waals surface area contributed by atoms with Gasteiger partial charge in [-0.05, 0) is 48.6 Å². The van der Waals surface area contributed by atoms with Gasteiger partial charge in [0.2, 0.25) is 0 Å². The van der Waals surface area contributed by atoms with E-state index in [9.17, 15) is 13.2 Å². The van der Waals surface area contributed by atoms with Crippen LogP contribution in [0.4, 0.5) is 0 Å². The predicted molar refractivity (Wildman–Crippen MR) is 96.1 cm³/mol. The van der Waals surface area contributed by atoms with Gasteiger partial charge in [0.1, 0.15) is 0 Å². The first-order chi connectivity index (χ1) is 11.5. The maximum Gasteiger partial charge on any atom is 0.258 e. The Morgan fingerprint density at radius 2 is 1.79 bits per heavy atom. The highest BCUT2D eigenvalue weighted by atomic mass is 32.2. The van der Waals surface area contributed by atoms with E-state index in [2.05, 4.69) is 0 Å². The summed E-state index contributed by atoms with van der Waals surface area (Å²) in [6.07, 6.45) is 2.12. The van der Waals surface area contributed by atoms with Gasteiger partial charge in [0.15, 0.2) is 9.84 Å². The lowest BCUT2D eigenvalue weighted by atomic mass is 10.2. The van der Waals surface area contributed by atoms with E-state index in [-0.39, 0.29) is 11.3 Å². The van der Waals surface area contributed by atoms with Gasteiger partial charge in [-0.3, -0.25) is 4.79 Å². The first-order valence-electron chi connectivity index (χ1n) is 7.85. The van der Waals surface area contributed by atoms with Crippen LogP contribution in [-0.2, 0) is 16.4 Å². The standard InChI is InChI=1S/C19H19NO3S/c1-15-6-4-8-17(14-15)24(22,23)13-5-11-20-12-10-16-7-2-3-9-18(16)19(20)21/h2-4,6-10,12,14H,5,11,13H2,1H3. The van der Waals surface area contributed by atoms with Gasteiger partial charge in [-0.15, -0.1) is 0 Å². The topological polar surface area (TPSA) is 56.1 Å². The summed E-state index contributed by atoms with van der Waals surface area (Å²) in [5, 5.41) is 1.55. The van der Waals surface area contributed by atoms with E-state index in [1.165, 1.54) is 0 Å². The second-order valence-electron chi connectivity index (χ2n) is 5.89. The lowest BCUT2D eigenvalue weighted by Gasteiger charge is -2.08. The molecule has 0 aliphatic rings. The van der Waals surface area contributed by atoms with Crippen molar-refractivity contribution < 1.29 is 8.42 Å². The quantitative estimate of drug-likeness (QED) is 0.716. The normalized spacial score (nSPS) is 11.7. The Balaban J connectivity index is 1.75. The Kier molecular flexibility index (Phi) is 4.53. The van der Waals surface area contributed by atoms with Crippen LogP contribution < -0.4 is 5.56 Å². The number of nitrogens with zero attached hydrogens (tertiary/aromatic N) is 1. The minimum Gasteiger partial charge on any atom is -0.315 e. The molecule has 0 atom stereocenters. The molecule has 0 spiro atoms. The fourth-order valence-corrected chi connectivity index (χ4v) is 4.15. The zero-order chi connectivity index (χ0) is 17.2. The molecule has 2 aromatic carbocycles. The Bertz CT molecular complexity index is 1040. The molecule has 0 saturated carbocycles. The Labute approximate surface area is 141 Å². The molecule has 0 radical (unpaired) electrons. The summed E-state index contributed by atoms with van der Waals surface area (Å²) < 4.78 is 26.3. The van der Waals surface area contributed by atoms with E-state index in [0.29, 0.717) is 23.2 Å². The molecule has 4 nitrogen and oxygen atoms in total. The number of fused-ring (bicyclic) bond motifs is 1. The van der Waals surface area contributed by atoms with Gasteiger partial charge >= 0.3 is 0 Å². The van der Waals surface area contributed by atoms with Gasteiger partial charge in [0, 0.05) is 18.1 Å². The monoisotopic (exact) mass is 341 g/mol. The maximum absolute atomic E-state index is 12.4. The zero-order valence-corrected chi connectivity index (χ0v) is 14.3. The average Bonchev–Trinajstić information content (AvgIpc) is 2.57. The van der Waals surface area contributed by atoms with Crippen LogP contribution in [0.1, 0.15) is 12.0 Å². The number of benzene rings is 2. The lowest BCUT2D eigenvalue weighted by Crippen LogP contribution is -2.21. The van der Waals surface area contributed by atoms with Gasteiger partial charge in [-0.2, -0.15) is 0 Å². The summed E-state index contributed by atoms with van der Waals surface area (Å²) in [5.74, 6) is 0.0235. The van der Waals surface area contributed by atoms with Crippen molar-refractivity contribution in [2.24, 2.45) is 0 Å². The molecule has 0 unspecified atom stereocenters. The van der Waals surface area contributed by atoms with Crippen molar-refractivity contribution in [2.45, 2.75) is 24.8 Å². The Morgan fingerprint density at radius 3 is 2.58 bits per heavy atom. The van der Waals surface area contributed by atoms with Crippen molar-refractivity contribution in [3.63, 3.8) is 0 Å². The van der Waals surface area contributed by atoms with Gasteiger partial charge < -0.3 is 4.57 Å². The smallest absolute Gasteiger partial charge is 0.258 e. The van der Waals surface area contributed by atoms with Crippen LogP contribution in [0.5, 0.6) is 0 Å². The predicted octanol–water partition coefficient (Wildman–Crippen LogP) is 3.17. The SMILES string of the molecule is Cc1cccc(S(=O)(=O)CCCn2ccc3ccccc3c2=O)c1. The molecule has 3 rings (SSSR count). The van der Waals surface area contributed by atoms with Crippen LogP contribution in [0.25, 0.3) is 10.8 Å². The molecule has 0 fully saturated rings. The van der Waals surface area contributed by atoms with Gasteiger partial charge in [-0.1, -0.05) is 30.3 Å². The molecule has 1 aromatic heterocycles. The van der Waals surface area contributed by atoms with Crippen molar-refractivity contribution in [1.29, 1.82) is 0 Å². The molecule has 0 saturated heterocycles. The molecule has 3 aromatic rings. The van der Waals surface area contributed by atoms with E-state index in [1.807, 2.05) is 37.3 Å². The second-order valence-corrected chi connectivity index (χ2v) is 8.00. The molecule has 0 bridgehead atoms. The van der Waals surface area contributed by atoms with Crippen LogP contribution >= 0.6 is 0 Å². The highest BCUT2D eigenvalue weighted by molar-refractivity contribution is 7.91. The van der Waals surface area contributed by atoms with E-state index in [0.717, 1.165) is 10.9 Å². The van der Waals surface area contributed by atoms with Crippen LogP contribution in [0.3, 0.4) is 0 Å². The van der Waals surface area contributed by atoms with E-state index >= 15 is 0 Å². The van der Waals surface area contributed by atoms with Crippen LogP contribution in [0.2, 0.25) is 0 Å². The van der Waals surface area contributed by atoms with Crippen LogP contribution in [0.15, 0.2) is 70.5 Å². The largest absolute Gasteiger partial charge is 0.315 e. The highest BCUT2D eigenvalue weighted by Crippen LogP contribution is 2.14. The number of aromatic nitrogens is 1. The molecule has 5 heteroatoms. The van der Waals surface area contributed by atoms with E-state index < -0.39 is 9.84 Å². The van der Waals surface area contributed by atoms with E-state index in [1.54, 1.807) is 35.0 Å². The third-order valence-electron chi connectivity index (χ3n) is 4.05. The Hall–Kier alpha value is -2.40. The molecule has 1 heterocycles. The summed E-state index contributed by atoms with van der Waals surface area (Å²) in [5.41, 5.74) is 0.836. The number of hydrogen-bond donors (Lipinski definition) is 0. The van der Waals surface area contributed by atoms with E-state index in [4.69, 9.17) is 0 Å². The molecule has 0 aliphatic heterocycles. The maximum atomic E-state index is 12.4. The van der Waals surface area contributed by atoms with Gasteiger partial charge in [-0.25, -0.2) is 8.42 Å². The molecule has 24 heavy (non-hydrogen) atoms. The summed E-state index contributed by atoms with van der Waals surface area (Å²) >= 11 is 0. The van der Waals surface area contributed by atoms with Crippen molar-refractivity contribution >= 4 is 20.6 Å².